The van der Waals surface area contributed by atoms with Gasteiger partial charge in [-0.25, -0.2) is 4.90 Å². The van der Waals surface area contributed by atoms with Gasteiger partial charge in [0.1, 0.15) is 0 Å². The summed E-state index contributed by atoms with van der Waals surface area (Å²) in [7, 11) is 0. The molecule has 6 nitrogen and oxygen atoms in total. The van der Waals surface area contributed by atoms with Gasteiger partial charge in [0, 0.05) is 38.6 Å². The van der Waals surface area contributed by atoms with Gasteiger partial charge in [0.15, 0.2) is 11.6 Å². The molecule has 0 saturated heterocycles. The Hall–Kier alpha value is -7.18. The first-order valence-electron chi connectivity index (χ1n) is 16.9. The van der Waals surface area contributed by atoms with Crippen LogP contribution in [0.2, 0.25) is 0 Å². The second kappa shape index (κ2) is 12.3. The van der Waals surface area contributed by atoms with E-state index in [1.165, 1.54) is 4.90 Å². The summed E-state index contributed by atoms with van der Waals surface area (Å²) in [5, 5.41) is 1.47. The standard InChI is InChI=1S/C46H28N2O4/c49-43(30-15-6-2-7-16-30)32-23-25-39-36(27-32)37-28-33(44(50)31-17-8-3-9-18-31)24-26-40(37)47(39)41-22-12-20-35-42(41)46(52)48(45(35)51)38-21-11-10-19-34(38)29-13-4-1-5-14-29/h1-28H. The zero-order valence-electron chi connectivity index (χ0n) is 27.7. The maximum Gasteiger partial charge on any atom is 0.268 e. The second-order valence-corrected chi connectivity index (χ2v) is 12.7. The molecular weight excluding hydrogens is 645 g/mol. The van der Waals surface area contributed by atoms with Crippen molar-refractivity contribution in [2.24, 2.45) is 0 Å². The fraction of sp³-hybridized carbons (Fsp3) is 0. The molecule has 1 aromatic heterocycles. The van der Waals surface area contributed by atoms with Gasteiger partial charge in [-0.05, 0) is 60.2 Å². The van der Waals surface area contributed by atoms with Gasteiger partial charge in [-0.1, -0.05) is 115 Å². The molecule has 8 aromatic rings. The average Bonchev–Trinajstić information content (AvgIpc) is 3.67. The number of anilines is 1. The molecule has 52 heavy (non-hydrogen) atoms. The van der Waals surface area contributed by atoms with Crippen LogP contribution in [-0.4, -0.2) is 27.9 Å². The van der Waals surface area contributed by atoms with Crippen molar-refractivity contribution >= 4 is 50.9 Å². The fourth-order valence-electron chi connectivity index (χ4n) is 7.28. The number of carbonyl (C=O) groups is 4. The average molecular weight is 673 g/mol. The van der Waals surface area contributed by atoms with E-state index in [2.05, 4.69) is 0 Å². The normalized spacial score (nSPS) is 12.4. The lowest BCUT2D eigenvalue weighted by atomic mass is 9.99. The number of nitrogens with zero attached hydrogens (tertiary/aromatic N) is 2. The first-order valence-corrected chi connectivity index (χ1v) is 16.9. The Labute approximate surface area is 298 Å². The number of carbonyl (C=O) groups excluding carboxylic acids is 4. The van der Waals surface area contributed by atoms with E-state index in [9.17, 15) is 19.2 Å². The predicted octanol–water partition coefficient (Wildman–Crippen LogP) is 9.71. The van der Waals surface area contributed by atoms with Gasteiger partial charge in [0.2, 0.25) is 0 Å². The van der Waals surface area contributed by atoms with Gasteiger partial charge in [0.05, 0.1) is 33.5 Å². The molecule has 0 saturated carbocycles. The minimum atomic E-state index is -0.430. The van der Waals surface area contributed by atoms with Gasteiger partial charge in [-0.3, -0.25) is 19.2 Å². The van der Waals surface area contributed by atoms with Crippen LogP contribution >= 0.6 is 0 Å². The van der Waals surface area contributed by atoms with E-state index in [1.54, 1.807) is 54.6 Å². The van der Waals surface area contributed by atoms with Crippen molar-refractivity contribution in [1.82, 2.24) is 4.57 Å². The summed E-state index contributed by atoms with van der Waals surface area (Å²) in [4.78, 5) is 57.3. The van der Waals surface area contributed by atoms with E-state index in [0.29, 0.717) is 39.2 Å². The van der Waals surface area contributed by atoms with Crippen LogP contribution in [0.3, 0.4) is 0 Å². The molecule has 0 N–H and O–H groups in total. The van der Waals surface area contributed by atoms with Gasteiger partial charge < -0.3 is 4.57 Å². The number of benzene rings is 7. The lowest BCUT2D eigenvalue weighted by molar-refractivity contribution is 0.0924. The molecule has 0 bridgehead atoms. The maximum atomic E-state index is 14.6. The van der Waals surface area contributed by atoms with E-state index in [0.717, 1.165) is 32.9 Å². The van der Waals surface area contributed by atoms with Crippen molar-refractivity contribution < 1.29 is 19.2 Å². The Balaban J connectivity index is 1.24. The minimum Gasteiger partial charge on any atom is -0.308 e. The smallest absolute Gasteiger partial charge is 0.268 e. The van der Waals surface area contributed by atoms with Crippen LogP contribution in [0, 0.1) is 0 Å². The molecule has 1 aliphatic rings. The number of hydrogen-bond acceptors (Lipinski definition) is 4. The molecule has 6 heteroatoms. The Bertz CT molecular complexity index is 2640. The number of rotatable bonds is 7. The summed E-state index contributed by atoms with van der Waals surface area (Å²) in [6.45, 7) is 0. The molecule has 2 heterocycles. The number of hydrogen-bond donors (Lipinski definition) is 0. The molecule has 9 rings (SSSR count). The third-order valence-corrected chi connectivity index (χ3v) is 9.72. The highest BCUT2D eigenvalue weighted by molar-refractivity contribution is 6.36. The minimum absolute atomic E-state index is 0.131. The van der Waals surface area contributed by atoms with Gasteiger partial charge in [-0.2, -0.15) is 0 Å². The maximum absolute atomic E-state index is 14.6. The van der Waals surface area contributed by atoms with Crippen LogP contribution in [-0.2, 0) is 0 Å². The fourth-order valence-corrected chi connectivity index (χ4v) is 7.28. The lowest BCUT2D eigenvalue weighted by Crippen LogP contribution is -2.30. The first kappa shape index (κ1) is 30.8. The number of imide groups is 1. The first-order chi connectivity index (χ1) is 25.5. The van der Waals surface area contributed by atoms with Crippen molar-refractivity contribution in [2.75, 3.05) is 4.90 Å². The second-order valence-electron chi connectivity index (χ2n) is 12.7. The molecule has 0 fully saturated rings. The Morgan fingerprint density at radius 1 is 0.404 bits per heavy atom. The molecule has 0 spiro atoms. The summed E-state index contributed by atoms with van der Waals surface area (Å²) >= 11 is 0. The molecular formula is C46H28N2O4. The highest BCUT2D eigenvalue weighted by Crippen LogP contribution is 2.41. The van der Waals surface area contributed by atoms with E-state index in [-0.39, 0.29) is 17.1 Å². The lowest BCUT2D eigenvalue weighted by Gasteiger charge is -2.18. The van der Waals surface area contributed by atoms with Crippen LogP contribution < -0.4 is 4.90 Å². The van der Waals surface area contributed by atoms with E-state index < -0.39 is 11.8 Å². The summed E-state index contributed by atoms with van der Waals surface area (Å²) in [6, 6.07) is 51.5. The summed E-state index contributed by atoms with van der Waals surface area (Å²) in [5.41, 5.74) is 6.81. The number of fused-ring (bicyclic) bond motifs is 4. The van der Waals surface area contributed by atoms with Crippen LogP contribution in [0.25, 0.3) is 38.6 Å². The quantitative estimate of drug-likeness (QED) is 0.125. The van der Waals surface area contributed by atoms with E-state index in [4.69, 9.17) is 0 Å². The van der Waals surface area contributed by atoms with Crippen molar-refractivity contribution in [1.29, 1.82) is 0 Å². The molecule has 7 aromatic carbocycles. The van der Waals surface area contributed by atoms with Gasteiger partial charge >= 0.3 is 0 Å². The van der Waals surface area contributed by atoms with Crippen LogP contribution in [0.4, 0.5) is 5.69 Å². The SMILES string of the molecule is O=C(c1ccccc1)c1ccc2c(c1)c1cc(C(=O)c3ccccc3)ccc1n2-c1cccc2c1C(=O)N(c1ccccc1-c1ccccc1)C2=O. The summed E-state index contributed by atoms with van der Waals surface area (Å²) < 4.78 is 1.95. The van der Waals surface area contributed by atoms with E-state index in [1.807, 2.05) is 120 Å². The highest BCUT2D eigenvalue weighted by Gasteiger charge is 2.40. The van der Waals surface area contributed by atoms with Crippen molar-refractivity contribution in [3.05, 3.63) is 203 Å². The monoisotopic (exact) mass is 672 g/mol. The molecule has 0 radical (unpaired) electrons. The number of amides is 2. The highest BCUT2D eigenvalue weighted by atomic mass is 16.2. The van der Waals surface area contributed by atoms with E-state index >= 15 is 0 Å². The number of ketones is 2. The zero-order valence-corrected chi connectivity index (χ0v) is 27.7. The Morgan fingerprint density at radius 3 is 1.46 bits per heavy atom. The third kappa shape index (κ3) is 4.88. The molecule has 0 atom stereocenters. The van der Waals surface area contributed by atoms with Crippen LogP contribution in [0.5, 0.6) is 0 Å². The molecule has 0 aliphatic carbocycles. The number of aromatic nitrogens is 1. The number of para-hydroxylation sites is 1. The van der Waals surface area contributed by atoms with Crippen molar-refractivity contribution in [2.45, 2.75) is 0 Å². The topological polar surface area (TPSA) is 76.5 Å². The Morgan fingerprint density at radius 2 is 0.885 bits per heavy atom. The summed E-state index contributed by atoms with van der Waals surface area (Å²) in [6.07, 6.45) is 0. The molecule has 2 amide bonds. The summed E-state index contributed by atoms with van der Waals surface area (Å²) in [5.74, 6) is -1.10. The van der Waals surface area contributed by atoms with Crippen LogP contribution in [0.15, 0.2) is 170 Å². The van der Waals surface area contributed by atoms with Gasteiger partial charge in [0.25, 0.3) is 11.8 Å². The Kier molecular flexibility index (Phi) is 7.30. The molecule has 246 valence electrons. The predicted molar refractivity (Wildman–Crippen MR) is 204 cm³/mol. The van der Waals surface area contributed by atoms with Crippen molar-refractivity contribution in [3.63, 3.8) is 0 Å². The van der Waals surface area contributed by atoms with Crippen molar-refractivity contribution in [3.8, 4) is 16.8 Å². The van der Waals surface area contributed by atoms with Gasteiger partial charge in [-0.15, -0.1) is 0 Å². The third-order valence-electron chi connectivity index (χ3n) is 9.72. The largest absolute Gasteiger partial charge is 0.308 e. The molecule has 1 aliphatic heterocycles. The molecule has 0 unspecified atom stereocenters. The van der Waals surface area contributed by atoms with Crippen LogP contribution in [0.1, 0.15) is 52.6 Å². The zero-order chi connectivity index (χ0) is 35.3.